The Balaban J connectivity index is 1.24. The van der Waals surface area contributed by atoms with Crippen molar-refractivity contribution in [3.05, 3.63) is 174 Å². The van der Waals surface area contributed by atoms with Gasteiger partial charge in [0, 0.05) is 27.9 Å². The van der Waals surface area contributed by atoms with Gasteiger partial charge in [-0.25, -0.2) is 0 Å². The van der Waals surface area contributed by atoms with E-state index in [0.29, 0.717) is 0 Å². The highest BCUT2D eigenvalue weighted by Crippen LogP contribution is 2.56. The molecule has 0 N–H and O–H groups in total. The van der Waals surface area contributed by atoms with E-state index in [-0.39, 0.29) is 10.8 Å². The van der Waals surface area contributed by atoms with Crippen LogP contribution in [0, 0.1) is 0 Å². The van der Waals surface area contributed by atoms with E-state index in [9.17, 15) is 0 Å². The molecule has 0 atom stereocenters. The molecule has 0 aromatic heterocycles. The molecule has 1 heteroatoms. The van der Waals surface area contributed by atoms with Crippen molar-refractivity contribution in [1.82, 2.24) is 0 Å². The fraction of sp³-hybridized carbons (Fsp3) is 0.167. The Morgan fingerprint density at radius 3 is 1.73 bits per heavy atom. The van der Waals surface area contributed by atoms with Gasteiger partial charge in [-0.1, -0.05) is 131 Å². The molecule has 0 aliphatic heterocycles. The lowest BCUT2D eigenvalue weighted by Crippen LogP contribution is -2.23. The quantitative estimate of drug-likeness (QED) is 0.176. The molecule has 7 aromatic carbocycles. The van der Waals surface area contributed by atoms with Gasteiger partial charge in [0.1, 0.15) is 0 Å². The standard InChI is InChI=1S/C48H41N/c1-5-48(6-2)44-27-25-37(30-42(44)41-28-34-16-10-11-17-35(34)29-46(41)48)49(36-22-20-33(21-23-36)32-14-8-7-9-15-32)38-24-26-40-39-18-12-13-19-43(39)47(3,4)45(40)31-38/h7-31H,5-6H2,1-4H3. The van der Waals surface area contributed by atoms with Crippen molar-refractivity contribution in [1.29, 1.82) is 0 Å². The van der Waals surface area contributed by atoms with Crippen LogP contribution in [0.25, 0.3) is 44.2 Å². The van der Waals surface area contributed by atoms with Crippen LogP contribution < -0.4 is 4.90 Å². The maximum Gasteiger partial charge on any atom is 0.0468 e. The number of anilines is 3. The maximum atomic E-state index is 2.47. The Morgan fingerprint density at radius 2 is 0.980 bits per heavy atom. The highest BCUT2D eigenvalue weighted by Gasteiger charge is 2.41. The first-order chi connectivity index (χ1) is 23.9. The summed E-state index contributed by atoms with van der Waals surface area (Å²) < 4.78 is 0. The van der Waals surface area contributed by atoms with E-state index in [1.54, 1.807) is 0 Å². The van der Waals surface area contributed by atoms with Crippen LogP contribution in [0.1, 0.15) is 62.8 Å². The Hall–Kier alpha value is -5.40. The molecule has 0 unspecified atom stereocenters. The van der Waals surface area contributed by atoms with Gasteiger partial charge in [-0.05, 0) is 128 Å². The van der Waals surface area contributed by atoms with Crippen molar-refractivity contribution in [3.8, 4) is 33.4 Å². The molecule has 0 radical (unpaired) electrons. The molecule has 1 nitrogen and oxygen atoms in total. The van der Waals surface area contributed by atoms with Gasteiger partial charge in [0.15, 0.2) is 0 Å². The van der Waals surface area contributed by atoms with Gasteiger partial charge in [-0.15, -0.1) is 0 Å². The van der Waals surface area contributed by atoms with Gasteiger partial charge in [-0.2, -0.15) is 0 Å². The molecular formula is C48H41N. The zero-order chi connectivity index (χ0) is 33.3. The monoisotopic (exact) mass is 631 g/mol. The second kappa shape index (κ2) is 11.1. The molecule has 0 saturated carbocycles. The molecule has 2 aliphatic carbocycles. The minimum Gasteiger partial charge on any atom is -0.310 e. The number of rotatable bonds is 6. The Kier molecular flexibility index (Phi) is 6.71. The van der Waals surface area contributed by atoms with Gasteiger partial charge in [-0.3, -0.25) is 0 Å². The van der Waals surface area contributed by atoms with Crippen molar-refractivity contribution in [2.45, 2.75) is 51.4 Å². The summed E-state index contributed by atoms with van der Waals surface area (Å²) in [7, 11) is 0. The van der Waals surface area contributed by atoms with Gasteiger partial charge in [0.2, 0.25) is 0 Å². The van der Waals surface area contributed by atoms with Crippen molar-refractivity contribution in [2.75, 3.05) is 4.90 Å². The SMILES string of the molecule is CCC1(CC)c2ccc(N(c3ccc(-c4ccccc4)cc3)c3ccc4c(c3)C(C)(C)c3ccccc3-4)cc2-c2cc3ccccc3cc21. The third-order valence-electron chi connectivity index (χ3n) is 11.7. The van der Waals surface area contributed by atoms with E-state index in [2.05, 4.69) is 184 Å². The van der Waals surface area contributed by atoms with Crippen molar-refractivity contribution in [3.63, 3.8) is 0 Å². The van der Waals surface area contributed by atoms with Crippen molar-refractivity contribution in [2.24, 2.45) is 0 Å². The first-order valence-corrected chi connectivity index (χ1v) is 17.8. The molecule has 0 heterocycles. The molecule has 0 spiro atoms. The zero-order valence-corrected chi connectivity index (χ0v) is 28.8. The lowest BCUT2D eigenvalue weighted by Gasteiger charge is -2.31. The van der Waals surface area contributed by atoms with Crippen LogP contribution in [0.15, 0.2) is 152 Å². The fourth-order valence-electron chi connectivity index (χ4n) is 9.04. The topological polar surface area (TPSA) is 3.24 Å². The molecule has 0 amide bonds. The summed E-state index contributed by atoms with van der Waals surface area (Å²) in [4.78, 5) is 2.47. The third kappa shape index (κ3) is 4.38. The van der Waals surface area contributed by atoms with Gasteiger partial charge >= 0.3 is 0 Å². The maximum absolute atomic E-state index is 2.47. The molecular weight excluding hydrogens is 591 g/mol. The summed E-state index contributed by atoms with van der Waals surface area (Å²) in [6, 6.07) is 56.8. The van der Waals surface area contributed by atoms with Crippen LogP contribution in [-0.2, 0) is 10.8 Å². The van der Waals surface area contributed by atoms with Crippen molar-refractivity contribution < 1.29 is 0 Å². The second-order valence-electron chi connectivity index (χ2n) is 14.4. The van der Waals surface area contributed by atoms with Crippen LogP contribution in [0.4, 0.5) is 17.1 Å². The van der Waals surface area contributed by atoms with Crippen LogP contribution in [0.2, 0.25) is 0 Å². The molecule has 0 saturated heterocycles. The van der Waals surface area contributed by atoms with Crippen molar-refractivity contribution >= 4 is 27.8 Å². The lowest BCUT2D eigenvalue weighted by atomic mass is 9.73. The Bertz CT molecular complexity index is 2370. The number of nitrogens with zero attached hydrogens (tertiary/aromatic N) is 1. The molecule has 0 bridgehead atoms. The highest BCUT2D eigenvalue weighted by molar-refractivity contribution is 5.95. The summed E-state index contributed by atoms with van der Waals surface area (Å²) in [6.45, 7) is 9.45. The summed E-state index contributed by atoms with van der Waals surface area (Å²) in [5.74, 6) is 0. The molecule has 49 heavy (non-hydrogen) atoms. The number of benzene rings is 7. The predicted octanol–water partition coefficient (Wildman–Crippen LogP) is 13.4. The van der Waals surface area contributed by atoms with E-state index in [4.69, 9.17) is 0 Å². The molecule has 7 aromatic rings. The lowest BCUT2D eigenvalue weighted by molar-refractivity contribution is 0.491. The first kappa shape index (κ1) is 29.7. The first-order valence-electron chi connectivity index (χ1n) is 17.8. The van der Waals surface area contributed by atoms with Gasteiger partial charge in [0.05, 0.1) is 0 Å². The van der Waals surface area contributed by atoms with Gasteiger partial charge < -0.3 is 4.90 Å². The number of fused-ring (bicyclic) bond motifs is 7. The summed E-state index contributed by atoms with van der Waals surface area (Å²) >= 11 is 0. The smallest absolute Gasteiger partial charge is 0.0468 e. The molecule has 0 fully saturated rings. The van der Waals surface area contributed by atoms with E-state index in [0.717, 1.165) is 18.5 Å². The summed E-state index contributed by atoms with van der Waals surface area (Å²) in [5.41, 5.74) is 17.0. The summed E-state index contributed by atoms with van der Waals surface area (Å²) in [6.07, 6.45) is 2.15. The van der Waals surface area contributed by atoms with Crippen LogP contribution >= 0.6 is 0 Å². The van der Waals surface area contributed by atoms with Crippen LogP contribution in [0.3, 0.4) is 0 Å². The number of hydrogen-bond acceptors (Lipinski definition) is 1. The third-order valence-corrected chi connectivity index (χ3v) is 11.7. The molecule has 9 rings (SSSR count). The van der Waals surface area contributed by atoms with E-state index < -0.39 is 0 Å². The fourth-order valence-corrected chi connectivity index (χ4v) is 9.04. The largest absolute Gasteiger partial charge is 0.310 e. The Labute approximate surface area is 290 Å². The normalized spacial score (nSPS) is 14.6. The van der Waals surface area contributed by atoms with Crippen LogP contribution in [0.5, 0.6) is 0 Å². The predicted molar refractivity (Wildman–Crippen MR) is 208 cm³/mol. The Morgan fingerprint density at radius 1 is 0.408 bits per heavy atom. The van der Waals surface area contributed by atoms with Crippen LogP contribution in [-0.4, -0.2) is 0 Å². The molecule has 2 aliphatic rings. The number of hydrogen-bond donors (Lipinski definition) is 0. The average Bonchev–Trinajstić information content (AvgIpc) is 3.55. The highest BCUT2D eigenvalue weighted by atomic mass is 15.1. The average molecular weight is 632 g/mol. The minimum absolute atomic E-state index is 0.0127. The van der Waals surface area contributed by atoms with E-state index in [1.807, 2.05) is 0 Å². The minimum atomic E-state index is -0.0788. The summed E-state index contributed by atoms with van der Waals surface area (Å²) in [5, 5.41) is 2.62. The van der Waals surface area contributed by atoms with E-state index in [1.165, 1.54) is 77.8 Å². The van der Waals surface area contributed by atoms with E-state index >= 15 is 0 Å². The zero-order valence-electron chi connectivity index (χ0n) is 28.8. The molecule has 238 valence electrons. The second-order valence-corrected chi connectivity index (χ2v) is 14.4. The van der Waals surface area contributed by atoms with Gasteiger partial charge in [0.25, 0.3) is 0 Å².